The van der Waals surface area contributed by atoms with E-state index in [1.165, 1.54) is 43.9 Å². The van der Waals surface area contributed by atoms with Crippen molar-refractivity contribution in [2.75, 3.05) is 45.8 Å². The molecule has 0 unspecified atom stereocenters. The van der Waals surface area contributed by atoms with Gasteiger partial charge in [0.1, 0.15) is 0 Å². The standard InChI is InChI=1S/2C15H18F2NO.2C12H14F2NO.4C5H5.2Ti/c2*1-2-18(14-9-8-12(16)10-13(14)17)15(19)11-6-4-3-5-7-11;2*1-4-15(12(16)8(2)3)11-6-5-9(13)7-10(11)14;4*1-2-4-5-3-1;;/h2*8-9,11H,2-7H2,1H3;2*5-6,8H,4H2,1-3H3;4*1-5H;;/q8*-1;2*+4. The Morgan fingerprint density at radius 2 is 0.576 bits per heavy atom. The van der Waals surface area contributed by atoms with Crippen molar-refractivity contribution in [3.05, 3.63) is 241 Å². The van der Waals surface area contributed by atoms with Crippen molar-refractivity contribution < 1.29 is 97.7 Å². The average molecular weight is 1340 g/mol. The maximum Gasteiger partial charge on any atom is 4.00 e. The largest absolute Gasteiger partial charge is 4.00 e. The van der Waals surface area contributed by atoms with Crippen molar-refractivity contribution in [2.24, 2.45) is 23.7 Å². The van der Waals surface area contributed by atoms with Gasteiger partial charge in [-0.25, -0.2) is 83.7 Å². The first-order chi connectivity index (χ1) is 43.2. The van der Waals surface area contributed by atoms with Crippen LogP contribution in [0.4, 0.5) is 57.9 Å². The molecular weight excluding hydrogens is 1260 g/mol. The number of anilines is 4. The minimum absolute atomic E-state index is 0. The summed E-state index contributed by atoms with van der Waals surface area (Å²) >= 11 is 0. The minimum Gasteiger partial charge on any atom is -0.364 e. The second-order valence-corrected chi connectivity index (χ2v) is 21.2. The van der Waals surface area contributed by atoms with Crippen LogP contribution in [0.5, 0.6) is 0 Å². The van der Waals surface area contributed by atoms with E-state index in [0.717, 1.165) is 88.5 Å². The van der Waals surface area contributed by atoms with E-state index in [9.17, 15) is 54.3 Å². The number of amides is 4. The molecule has 8 aromatic carbocycles. The van der Waals surface area contributed by atoms with Gasteiger partial charge in [0.15, 0.2) is 0 Å². The van der Waals surface area contributed by atoms with E-state index in [-0.39, 0.29) is 113 Å². The molecule has 0 atom stereocenters. The summed E-state index contributed by atoms with van der Waals surface area (Å²) in [4.78, 5) is 53.7. The van der Waals surface area contributed by atoms with Gasteiger partial charge in [-0.2, -0.15) is 72.8 Å². The van der Waals surface area contributed by atoms with Crippen LogP contribution in [0.15, 0.2) is 170 Å². The van der Waals surface area contributed by atoms with Crippen LogP contribution >= 0.6 is 0 Å². The van der Waals surface area contributed by atoms with Gasteiger partial charge in [0.25, 0.3) is 0 Å². The minimum atomic E-state index is -0.837. The van der Waals surface area contributed by atoms with E-state index in [2.05, 4.69) is 0 Å². The van der Waals surface area contributed by atoms with Gasteiger partial charge in [-0.05, 0) is 76.1 Å². The summed E-state index contributed by atoms with van der Waals surface area (Å²) in [7, 11) is 0. The first kappa shape index (κ1) is 83.0. The summed E-state index contributed by atoms with van der Waals surface area (Å²) < 4.78 is 105. The molecule has 0 bridgehead atoms. The van der Waals surface area contributed by atoms with Gasteiger partial charge in [0.05, 0.1) is 0 Å². The van der Waals surface area contributed by atoms with Gasteiger partial charge in [0.2, 0.25) is 23.6 Å². The monoisotopic (exact) mass is 1340 g/mol. The molecule has 10 rings (SSSR count). The summed E-state index contributed by atoms with van der Waals surface area (Å²) in [5, 5.41) is 0. The van der Waals surface area contributed by atoms with Crippen LogP contribution in [0.1, 0.15) is 120 Å². The number of nitrogens with zero attached hydrogens (tertiary/aromatic N) is 4. The Morgan fingerprint density at radius 1 is 0.370 bits per heavy atom. The summed E-state index contributed by atoms with van der Waals surface area (Å²) in [6.45, 7) is 15.4. The molecule has 0 radical (unpaired) electrons. The molecule has 0 saturated heterocycles. The molecular formula is C74H84F8N4O4Ti2. The van der Waals surface area contributed by atoms with Crippen molar-refractivity contribution >= 4 is 46.4 Å². The number of hydrogen-bond acceptors (Lipinski definition) is 4. The zero-order valence-corrected chi connectivity index (χ0v) is 56.9. The van der Waals surface area contributed by atoms with Crippen molar-refractivity contribution in [3.8, 4) is 0 Å². The van der Waals surface area contributed by atoms with Gasteiger partial charge in [0, 0.05) is 96.4 Å². The molecule has 0 aliphatic heterocycles. The number of hydrogen-bond donors (Lipinski definition) is 0. The van der Waals surface area contributed by atoms with E-state index in [4.69, 9.17) is 0 Å². The molecule has 2 aliphatic rings. The number of carbonyl (C=O) groups excluding carboxylic acids is 4. The molecule has 8 nitrogen and oxygen atoms in total. The second kappa shape index (κ2) is 47.0. The summed E-state index contributed by atoms with van der Waals surface area (Å²) in [5.41, 5.74) is 0.393. The van der Waals surface area contributed by atoms with Crippen LogP contribution in [0.3, 0.4) is 0 Å². The molecule has 0 heterocycles. The Morgan fingerprint density at radius 3 is 0.739 bits per heavy atom. The number of rotatable bonds is 12. The Hall–Kier alpha value is -6.97. The third-order valence-corrected chi connectivity index (χ3v) is 14.0. The smallest absolute Gasteiger partial charge is 0.364 e. The Kier molecular flexibility index (Phi) is 42.4. The predicted octanol–water partition coefficient (Wildman–Crippen LogP) is 18.6. The summed E-state index contributed by atoms with van der Waals surface area (Å²) in [6.07, 6.45) is 9.96. The molecule has 2 saturated carbocycles. The number of benzene rings is 4. The van der Waals surface area contributed by atoms with E-state index in [1.807, 2.05) is 146 Å². The van der Waals surface area contributed by atoms with Crippen molar-refractivity contribution in [1.29, 1.82) is 0 Å². The van der Waals surface area contributed by atoms with Crippen LogP contribution in [-0.4, -0.2) is 49.8 Å². The first-order valence-corrected chi connectivity index (χ1v) is 30.6. The number of halogens is 8. The zero-order valence-electron chi connectivity index (χ0n) is 53.8. The molecule has 0 N–H and O–H groups in total. The maximum absolute atomic E-state index is 13.7. The fourth-order valence-corrected chi connectivity index (χ4v) is 9.40. The normalized spacial score (nSPS) is 12.2. The summed E-state index contributed by atoms with van der Waals surface area (Å²) in [6, 6.07) is 57.4. The predicted molar refractivity (Wildman–Crippen MR) is 344 cm³/mol. The van der Waals surface area contributed by atoms with Crippen LogP contribution < -0.4 is 19.6 Å². The molecule has 2 aliphatic carbocycles. The average Bonchev–Trinajstić information content (AvgIpc) is 1.75. The van der Waals surface area contributed by atoms with Crippen LogP contribution in [0.2, 0.25) is 0 Å². The van der Waals surface area contributed by atoms with Crippen molar-refractivity contribution in [2.45, 2.75) is 120 Å². The topological polar surface area (TPSA) is 81.2 Å². The molecule has 8 aromatic rings. The molecule has 18 heteroatoms. The number of carbonyl (C=O) groups is 4. The molecule has 0 spiro atoms. The molecule has 4 amide bonds. The van der Waals surface area contributed by atoms with Crippen LogP contribution in [-0.2, 0) is 62.6 Å². The Bertz CT molecular complexity index is 2870. The van der Waals surface area contributed by atoms with Gasteiger partial charge >= 0.3 is 43.4 Å². The van der Waals surface area contributed by atoms with Gasteiger partial charge < -0.3 is 19.6 Å². The quantitative estimate of drug-likeness (QED) is 0.0693. The Balaban J connectivity index is 0.000000551. The second-order valence-electron chi connectivity index (χ2n) is 21.2. The van der Waals surface area contributed by atoms with Gasteiger partial charge in [-0.3, -0.25) is 19.2 Å². The van der Waals surface area contributed by atoms with Crippen molar-refractivity contribution in [1.82, 2.24) is 0 Å². The SMILES string of the molecule is CCN(C(=O)C(C)C)c1ccc(F)[c-]c1F.CCN(C(=O)C(C)C)c1ccc(F)[c-]c1F.CCN(C(=O)C1CCCCC1)c1ccc(F)[c-]c1F.CCN(C(=O)C1CCCCC1)c1ccc(F)[c-]c1F.[Ti+4].[Ti+4].c1cc[cH-]c1.c1cc[cH-]c1.c1cc[cH-]c1.c1cc[cH-]c1. The van der Waals surface area contributed by atoms with E-state index < -0.39 is 46.5 Å². The summed E-state index contributed by atoms with van der Waals surface area (Å²) in [5.74, 6) is -7.33. The first-order valence-electron chi connectivity index (χ1n) is 30.6. The zero-order chi connectivity index (χ0) is 66.4. The van der Waals surface area contributed by atoms with Crippen molar-refractivity contribution in [3.63, 3.8) is 0 Å². The molecule has 0 aromatic heterocycles. The third-order valence-electron chi connectivity index (χ3n) is 14.0. The van der Waals surface area contributed by atoms with E-state index >= 15 is 0 Å². The maximum atomic E-state index is 13.7. The molecule has 488 valence electrons. The van der Waals surface area contributed by atoms with Crippen LogP contribution in [0.25, 0.3) is 0 Å². The fraction of sp³-hybridized carbons (Fsp3) is 0.351. The third kappa shape index (κ3) is 29.8. The molecule has 92 heavy (non-hydrogen) atoms. The van der Waals surface area contributed by atoms with E-state index in [1.54, 1.807) is 55.4 Å². The molecule has 2 fully saturated rings. The van der Waals surface area contributed by atoms with Crippen LogP contribution in [0, 0.1) is 94.5 Å². The Labute approximate surface area is 570 Å². The van der Waals surface area contributed by atoms with Gasteiger partial charge in [-0.15, -0.1) is 72.8 Å². The van der Waals surface area contributed by atoms with Gasteiger partial charge in [-0.1, -0.05) is 66.2 Å². The fourth-order valence-electron chi connectivity index (χ4n) is 9.40. The van der Waals surface area contributed by atoms with E-state index in [0.29, 0.717) is 26.2 Å².